The summed E-state index contributed by atoms with van der Waals surface area (Å²) in [4.78, 5) is 12.4. The van der Waals surface area contributed by atoms with E-state index in [0.29, 0.717) is 19.0 Å². The van der Waals surface area contributed by atoms with Gasteiger partial charge in [0.15, 0.2) is 0 Å². The molecule has 2 aliphatic carbocycles. The maximum atomic E-state index is 12.4. The third-order valence-corrected chi connectivity index (χ3v) is 6.30. The average Bonchev–Trinajstić information content (AvgIpc) is 3.50. The van der Waals surface area contributed by atoms with Gasteiger partial charge in [0.05, 0.1) is 12.1 Å². The molecule has 4 atom stereocenters. The van der Waals surface area contributed by atoms with Crippen LogP contribution in [0.25, 0.3) is 0 Å². The topological polar surface area (TPSA) is 70.6 Å². The summed E-state index contributed by atoms with van der Waals surface area (Å²) in [7, 11) is 0. The molecule has 168 valence electrons. The highest BCUT2D eigenvalue weighted by molar-refractivity contribution is 5.68. The molecule has 0 heterocycles. The molecular formula is C25H40N2O3. The Balaban J connectivity index is 1.58. The first-order valence-corrected chi connectivity index (χ1v) is 11.7. The monoisotopic (exact) mass is 416 g/mol. The number of hydrogen-bond donors (Lipinski definition) is 3. The number of hydrogen-bond acceptors (Lipinski definition) is 4. The summed E-state index contributed by atoms with van der Waals surface area (Å²) in [5.41, 5.74) is 0.518. The minimum atomic E-state index is -0.679. The van der Waals surface area contributed by atoms with Gasteiger partial charge in [-0.15, -0.1) is 0 Å². The summed E-state index contributed by atoms with van der Waals surface area (Å²) in [6.45, 7) is 6.03. The predicted octanol–water partition coefficient (Wildman–Crippen LogP) is 4.43. The van der Waals surface area contributed by atoms with Gasteiger partial charge in [-0.1, -0.05) is 56.0 Å². The highest BCUT2D eigenvalue weighted by atomic mass is 16.6. The molecule has 0 bridgehead atoms. The molecule has 2 fully saturated rings. The van der Waals surface area contributed by atoms with Crippen LogP contribution in [0.4, 0.5) is 4.79 Å². The molecule has 1 aromatic carbocycles. The molecule has 30 heavy (non-hydrogen) atoms. The summed E-state index contributed by atoms with van der Waals surface area (Å²) in [6, 6.07) is 10.1. The Hall–Kier alpha value is -1.59. The largest absolute Gasteiger partial charge is 0.444 e. The summed E-state index contributed by atoms with van der Waals surface area (Å²) in [5, 5.41) is 17.6. The Kier molecular flexibility index (Phi) is 8.18. The average molecular weight is 417 g/mol. The standard InChI is InChI=1S/C25H40N2O3/c1-25(2,3)30-24(29)27-22(16-18-9-5-4-6-10-18)23(28)17-26-21-12-8-7-11-20(21)15-19-13-14-19/h4-6,9-10,19-23,26,28H,7-8,11-17H2,1-3H3,(H,27,29)/t20?,21-,22-,23+/m0/s1. The maximum absolute atomic E-state index is 12.4. The van der Waals surface area contributed by atoms with Crippen molar-refractivity contribution in [2.45, 2.75) is 95.9 Å². The van der Waals surface area contributed by atoms with E-state index >= 15 is 0 Å². The molecule has 2 aliphatic rings. The fourth-order valence-electron chi connectivity index (χ4n) is 4.56. The van der Waals surface area contributed by atoms with E-state index in [2.05, 4.69) is 10.6 Å². The molecule has 0 radical (unpaired) electrons. The van der Waals surface area contributed by atoms with Crippen molar-refractivity contribution in [1.29, 1.82) is 0 Å². The molecule has 3 rings (SSSR count). The van der Waals surface area contributed by atoms with Crippen LogP contribution < -0.4 is 10.6 Å². The van der Waals surface area contributed by atoms with Crippen molar-refractivity contribution in [3.05, 3.63) is 35.9 Å². The molecule has 2 saturated carbocycles. The van der Waals surface area contributed by atoms with E-state index in [-0.39, 0.29) is 0 Å². The van der Waals surface area contributed by atoms with Gasteiger partial charge < -0.3 is 20.5 Å². The molecule has 1 amide bonds. The van der Waals surface area contributed by atoms with Crippen molar-refractivity contribution in [3.63, 3.8) is 0 Å². The predicted molar refractivity (Wildman–Crippen MR) is 120 cm³/mol. The molecule has 0 aromatic heterocycles. The van der Waals surface area contributed by atoms with Gasteiger partial charge >= 0.3 is 6.09 Å². The fraction of sp³-hybridized carbons (Fsp3) is 0.720. The molecule has 1 aromatic rings. The summed E-state index contributed by atoms with van der Waals surface area (Å²) in [5.74, 6) is 1.66. The Morgan fingerprint density at radius 2 is 1.83 bits per heavy atom. The van der Waals surface area contributed by atoms with Crippen LogP contribution in [-0.4, -0.2) is 41.5 Å². The fourth-order valence-corrected chi connectivity index (χ4v) is 4.56. The lowest BCUT2D eigenvalue weighted by Gasteiger charge is -2.34. The van der Waals surface area contributed by atoms with Crippen LogP contribution in [0, 0.1) is 11.8 Å². The van der Waals surface area contributed by atoms with Gasteiger partial charge in [-0.25, -0.2) is 4.79 Å². The minimum absolute atomic E-state index is 0.403. The van der Waals surface area contributed by atoms with E-state index < -0.39 is 23.8 Å². The molecule has 1 unspecified atom stereocenters. The lowest BCUT2D eigenvalue weighted by Crippen LogP contribution is -2.52. The molecule has 3 N–H and O–H groups in total. The zero-order valence-electron chi connectivity index (χ0n) is 18.9. The van der Waals surface area contributed by atoms with Gasteiger partial charge in [0.2, 0.25) is 0 Å². The molecule has 5 nitrogen and oxygen atoms in total. The number of carbonyl (C=O) groups is 1. The van der Waals surface area contributed by atoms with E-state index in [1.54, 1.807) is 0 Å². The number of benzene rings is 1. The quantitative estimate of drug-likeness (QED) is 0.557. The van der Waals surface area contributed by atoms with Gasteiger partial charge in [0, 0.05) is 12.6 Å². The van der Waals surface area contributed by atoms with Crippen molar-refractivity contribution in [3.8, 4) is 0 Å². The van der Waals surface area contributed by atoms with Gasteiger partial charge in [-0.2, -0.15) is 0 Å². The molecule has 0 spiro atoms. The van der Waals surface area contributed by atoms with Crippen molar-refractivity contribution in [2.75, 3.05) is 6.54 Å². The summed E-state index contributed by atoms with van der Waals surface area (Å²) in [6.07, 6.45) is 8.60. The lowest BCUT2D eigenvalue weighted by atomic mass is 9.81. The number of aliphatic hydroxyl groups is 1. The van der Waals surface area contributed by atoms with E-state index in [0.717, 1.165) is 17.4 Å². The molecule has 0 aliphatic heterocycles. The number of aliphatic hydroxyl groups excluding tert-OH is 1. The van der Waals surface area contributed by atoms with Gasteiger partial charge in [0.25, 0.3) is 0 Å². The number of alkyl carbamates (subject to hydrolysis) is 1. The Morgan fingerprint density at radius 1 is 1.13 bits per heavy atom. The number of ether oxygens (including phenoxy) is 1. The number of amides is 1. The molecule has 5 heteroatoms. The lowest BCUT2D eigenvalue weighted by molar-refractivity contribution is 0.0415. The van der Waals surface area contributed by atoms with Crippen LogP contribution in [0.2, 0.25) is 0 Å². The third kappa shape index (κ3) is 7.92. The first-order chi connectivity index (χ1) is 14.3. The number of rotatable bonds is 9. The van der Waals surface area contributed by atoms with E-state index in [4.69, 9.17) is 4.74 Å². The summed E-state index contributed by atoms with van der Waals surface area (Å²) < 4.78 is 5.44. The van der Waals surface area contributed by atoms with Crippen molar-refractivity contribution < 1.29 is 14.6 Å². The van der Waals surface area contributed by atoms with E-state index in [1.807, 2.05) is 51.1 Å². The normalized spacial score (nSPS) is 24.1. The van der Waals surface area contributed by atoms with E-state index in [9.17, 15) is 9.90 Å². The van der Waals surface area contributed by atoms with Crippen LogP contribution in [0.5, 0.6) is 0 Å². The van der Waals surface area contributed by atoms with Gasteiger partial charge in [-0.05, 0) is 63.9 Å². The number of nitrogens with one attached hydrogen (secondary N) is 2. The first-order valence-electron chi connectivity index (χ1n) is 11.7. The molecule has 0 saturated heterocycles. The Labute approximate surface area is 182 Å². The minimum Gasteiger partial charge on any atom is -0.444 e. The number of carbonyl (C=O) groups excluding carboxylic acids is 1. The van der Waals surface area contributed by atoms with Crippen LogP contribution in [0.3, 0.4) is 0 Å². The van der Waals surface area contributed by atoms with E-state index in [1.165, 1.54) is 44.9 Å². The zero-order valence-corrected chi connectivity index (χ0v) is 18.9. The van der Waals surface area contributed by atoms with Crippen molar-refractivity contribution in [1.82, 2.24) is 10.6 Å². The Bertz CT molecular complexity index is 654. The second-order valence-electron chi connectivity index (χ2n) is 10.2. The van der Waals surface area contributed by atoms with Crippen LogP contribution in [-0.2, 0) is 11.2 Å². The zero-order chi connectivity index (χ0) is 21.6. The maximum Gasteiger partial charge on any atom is 0.407 e. The highest BCUT2D eigenvalue weighted by Crippen LogP contribution is 2.40. The third-order valence-electron chi connectivity index (χ3n) is 6.30. The van der Waals surface area contributed by atoms with Crippen molar-refractivity contribution in [2.24, 2.45) is 11.8 Å². The van der Waals surface area contributed by atoms with Gasteiger partial charge in [0.1, 0.15) is 5.60 Å². The summed E-state index contributed by atoms with van der Waals surface area (Å²) >= 11 is 0. The van der Waals surface area contributed by atoms with Crippen LogP contribution in [0.15, 0.2) is 30.3 Å². The SMILES string of the molecule is CC(C)(C)OC(=O)N[C@@H](Cc1ccccc1)[C@H](O)CN[C@H]1CCCCC1CC1CC1. The highest BCUT2D eigenvalue weighted by Gasteiger charge is 2.32. The van der Waals surface area contributed by atoms with Crippen LogP contribution >= 0.6 is 0 Å². The second kappa shape index (κ2) is 10.6. The second-order valence-corrected chi connectivity index (χ2v) is 10.2. The molecular weight excluding hydrogens is 376 g/mol. The van der Waals surface area contributed by atoms with Crippen molar-refractivity contribution >= 4 is 6.09 Å². The smallest absolute Gasteiger partial charge is 0.407 e. The van der Waals surface area contributed by atoms with Crippen LogP contribution in [0.1, 0.15) is 71.3 Å². The Morgan fingerprint density at radius 3 is 2.50 bits per heavy atom. The van der Waals surface area contributed by atoms with Gasteiger partial charge in [-0.3, -0.25) is 0 Å². The first kappa shape index (κ1) is 23.1.